The zero-order valence-corrected chi connectivity index (χ0v) is 5.20. The number of rotatable bonds is 2. The maximum Gasteiger partial charge on any atom is 0.396 e. The Labute approximate surface area is 59.6 Å². The summed E-state index contributed by atoms with van der Waals surface area (Å²) < 4.78 is 57.2. The van der Waals surface area contributed by atoms with E-state index >= 15 is 0 Å². The van der Waals surface area contributed by atoms with Crippen LogP contribution >= 0.6 is 0 Å². The first kappa shape index (κ1) is 10.1. The highest BCUT2D eigenvalue weighted by atomic mass is 19.4. The van der Waals surface area contributed by atoms with E-state index in [-0.39, 0.29) is 0 Å². The van der Waals surface area contributed by atoms with Crippen molar-refractivity contribution in [3.8, 4) is 0 Å². The average Bonchev–Trinajstić information content (AvgIpc) is 1.80. The Kier molecular flexibility index (Phi) is 3.23. The minimum absolute atomic E-state index is 1.74. The van der Waals surface area contributed by atoms with Gasteiger partial charge in [-0.25, -0.2) is 15.4 Å². The molecule has 0 bridgehead atoms. The normalized spacial score (nSPS) is 14.6. The fraction of sp³-hybridized carbons (Fsp3) is 0.800. The van der Waals surface area contributed by atoms with Gasteiger partial charge in [0.25, 0.3) is 6.04 Å². The van der Waals surface area contributed by atoms with Crippen LogP contribution in [-0.2, 0) is 0 Å². The molecular formula is C5H4F5N. The lowest BCUT2D eigenvalue weighted by Gasteiger charge is -2.06. The van der Waals surface area contributed by atoms with Crippen molar-refractivity contribution < 1.29 is 22.0 Å². The predicted octanol–water partition coefficient (Wildman–Crippen LogP) is 2.49. The van der Waals surface area contributed by atoms with Crippen LogP contribution in [0, 0.1) is 6.57 Å². The van der Waals surface area contributed by atoms with Gasteiger partial charge in [0.05, 0.1) is 0 Å². The van der Waals surface area contributed by atoms with E-state index in [1.165, 1.54) is 0 Å². The van der Waals surface area contributed by atoms with Crippen molar-refractivity contribution in [1.29, 1.82) is 0 Å². The van der Waals surface area contributed by atoms with Gasteiger partial charge < -0.3 is 4.85 Å². The number of nitrogens with zero attached hydrogens (tertiary/aromatic N) is 1. The molecule has 1 nitrogen and oxygen atoms in total. The summed E-state index contributed by atoms with van der Waals surface area (Å²) in [6.07, 6.45) is -9.66. The van der Waals surface area contributed by atoms with E-state index in [9.17, 15) is 22.0 Å². The molecule has 0 aromatic rings. The molecule has 0 rings (SSSR count). The van der Waals surface area contributed by atoms with Crippen LogP contribution in [0.2, 0.25) is 0 Å². The van der Waals surface area contributed by atoms with Gasteiger partial charge in [-0.2, -0.15) is 13.2 Å². The average molecular weight is 173 g/mol. The van der Waals surface area contributed by atoms with Crippen LogP contribution in [-0.4, -0.2) is 18.6 Å². The Bertz CT molecular complexity index is 155. The minimum Gasteiger partial charge on any atom is -0.307 e. The van der Waals surface area contributed by atoms with Crippen LogP contribution in [0.15, 0.2) is 0 Å². The van der Waals surface area contributed by atoms with Gasteiger partial charge >= 0.3 is 12.6 Å². The van der Waals surface area contributed by atoms with Crippen LogP contribution < -0.4 is 0 Å². The Hall–Kier alpha value is -0.860. The Morgan fingerprint density at radius 1 is 1.27 bits per heavy atom. The summed E-state index contributed by atoms with van der Waals surface area (Å²) >= 11 is 0. The summed E-state index contributed by atoms with van der Waals surface area (Å²) in [5.41, 5.74) is 0. The molecule has 0 saturated carbocycles. The quantitative estimate of drug-likeness (QED) is 0.446. The number of hydrogen-bond acceptors (Lipinski definition) is 0. The van der Waals surface area contributed by atoms with Crippen molar-refractivity contribution in [2.75, 3.05) is 0 Å². The van der Waals surface area contributed by atoms with Crippen molar-refractivity contribution in [3.63, 3.8) is 0 Å². The van der Waals surface area contributed by atoms with E-state index in [0.717, 1.165) is 0 Å². The molecule has 0 aliphatic rings. The first-order chi connectivity index (χ1) is 4.87. The highest BCUT2D eigenvalue weighted by Crippen LogP contribution is 2.25. The molecule has 1 atom stereocenters. The number of alkyl halides is 5. The van der Waals surface area contributed by atoms with Crippen molar-refractivity contribution in [2.24, 2.45) is 0 Å². The van der Waals surface area contributed by atoms with E-state index in [1.54, 1.807) is 0 Å². The van der Waals surface area contributed by atoms with Gasteiger partial charge in [-0.1, -0.05) is 0 Å². The fourth-order valence-corrected chi connectivity index (χ4v) is 0.428. The van der Waals surface area contributed by atoms with E-state index in [2.05, 4.69) is 4.85 Å². The summed E-state index contributed by atoms with van der Waals surface area (Å²) in [7, 11) is 0. The summed E-state index contributed by atoms with van der Waals surface area (Å²) in [6.45, 7) is 6.02. The molecule has 0 saturated heterocycles. The molecule has 0 aliphatic heterocycles. The van der Waals surface area contributed by atoms with Crippen molar-refractivity contribution in [1.82, 2.24) is 0 Å². The van der Waals surface area contributed by atoms with Crippen molar-refractivity contribution in [2.45, 2.75) is 25.1 Å². The molecule has 0 heterocycles. The first-order valence-corrected chi connectivity index (χ1v) is 2.58. The maximum atomic E-state index is 11.5. The van der Waals surface area contributed by atoms with E-state index < -0.39 is 25.1 Å². The molecule has 11 heavy (non-hydrogen) atoms. The predicted molar refractivity (Wildman–Crippen MR) is 27.1 cm³/mol. The lowest BCUT2D eigenvalue weighted by atomic mass is 10.2. The maximum absolute atomic E-state index is 11.5. The Balaban J connectivity index is 4.02. The van der Waals surface area contributed by atoms with Gasteiger partial charge in [-0.15, -0.1) is 0 Å². The van der Waals surface area contributed by atoms with Crippen molar-refractivity contribution in [3.05, 3.63) is 11.4 Å². The molecule has 0 amide bonds. The largest absolute Gasteiger partial charge is 0.396 e. The third-order valence-electron chi connectivity index (χ3n) is 0.897. The smallest absolute Gasteiger partial charge is 0.307 e. The van der Waals surface area contributed by atoms with E-state index in [0.29, 0.717) is 0 Å². The van der Waals surface area contributed by atoms with Gasteiger partial charge in [0.15, 0.2) is 0 Å². The molecule has 0 spiro atoms. The molecule has 0 fully saturated rings. The standard InChI is InChI=1S/C5H4F5N/c1-11-3(4(6)7)2-5(8,9)10/h3-4H,2H2. The molecule has 0 aromatic carbocycles. The summed E-state index contributed by atoms with van der Waals surface area (Å²) in [5.74, 6) is 0. The summed E-state index contributed by atoms with van der Waals surface area (Å²) in [6, 6.07) is -2.25. The molecule has 64 valence electrons. The van der Waals surface area contributed by atoms with E-state index in [4.69, 9.17) is 6.57 Å². The van der Waals surface area contributed by atoms with Crippen LogP contribution in [0.3, 0.4) is 0 Å². The second kappa shape index (κ2) is 3.51. The minimum atomic E-state index is -4.69. The second-order valence-electron chi connectivity index (χ2n) is 1.85. The van der Waals surface area contributed by atoms with Gasteiger partial charge in [0.2, 0.25) is 0 Å². The summed E-state index contributed by atoms with van der Waals surface area (Å²) in [4.78, 5) is 2.15. The lowest BCUT2D eigenvalue weighted by molar-refractivity contribution is -0.142. The lowest BCUT2D eigenvalue weighted by Crippen LogP contribution is -2.22. The molecule has 1 unspecified atom stereocenters. The molecule has 0 N–H and O–H groups in total. The second-order valence-corrected chi connectivity index (χ2v) is 1.85. The Morgan fingerprint density at radius 2 is 1.73 bits per heavy atom. The van der Waals surface area contributed by atoms with Gasteiger partial charge in [0.1, 0.15) is 6.42 Å². The molecule has 6 heteroatoms. The zero-order chi connectivity index (χ0) is 9.07. The van der Waals surface area contributed by atoms with Crippen molar-refractivity contribution >= 4 is 0 Å². The van der Waals surface area contributed by atoms with Crippen LogP contribution in [0.4, 0.5) is 22.0 Å². The van der Waals surface area contributed by atoms with Crippen LogP contribution in [0.5, 0.6) is 0 Å². The zero-order valence-electron chi connectivity index (χ0n) is 5.20. The molecule has 0 aromatic heterocycles. The monoisotopic (exact) mass is 173 g/mol. The molecule has 0 radical (unpaired) electrons. The molecule has 0 aliphatic carbocycles. The van der Waals surface area contributed by atoms with E-state index in [1.807, 2.05) is 0 Å². The SMILES string of the molecule is [C-]#[N+]C(CC(F)(F)F)C(F)F. The Morgan fingerprint density at radius 3 is 1.82 bits per heavy atom. The van der Waals surface area contributed by atoms with Crippen LogP contribution in [0.1, 0.15) is 6.42 Å². The van der Waals surface area contributed by atoms with Crippen LogP contribution in [0.25, 0.3) is 4.85 Å². The van der Waals surface area contributed by atoms with Gasteiger partial charge in [0, 0.05) is 0 Å². The van der Waals surface area contributed by atoms with Gasteiger partial charge in [-0.05, 0) is 0 Å². The first-order valence-electron chi connectivity index (χ1n) is 2.58. The fourth-order valence-electron chi connectivity index (χ4n) is 0.428. The third-order valence-corrected chi connectivity index (χ3v) is 0.897. The van der Waals surface area contributed by atoms with Gasteiger partial charge in [-0.3, -0.25) is 0 Å². The number of hydrogen-bond donors (Lipinski definition) is 0. The number of halogens is 5. The summed E-state index contributed by atoms with van der Waals surface area (Å²) in [5, 5.41) is 0. The third kappa shape index (κ3) is 4.53. The highest BCUT2D eigenvalue weighted by Gasteiger charge is 2.40. The topological polar surface area (TPSA) is 4.36 Å². The molecular weight excluding hydrogens is 169 g/mol. The highest BCUT2D eigenvalue weighted by molar-refractivity contribution is 4.83.